The van der Waals surface area contributed by atoms with Crippen molar-refractivity contribution in [2.24, 2.45) is 0 Å². The number of hydrogen-bond donors (Lipinski definition) is 0. The maximum atomic E-state index is 14.1. The van der Waals surface area contributed by atoms with Crippen LogP contribution < -0.4 is 4.90 Å². The summed E-state index contributed by atoms with van der Waals surface area (Å²) in [5.41, 5.74) is -1.13. The molecule has 2 rings (SSSR count). The van der Waals surface area contributed by atoms with Crippen LogP contribution in [0.25, 0.3) is 0 Å². The smallest absolute Gasteiger partial charge is 0.367 e. The second-order valence-corrected chi connectivity index (χ2v) is 5.32. The topological polar surface area (TPSA) is 6.48 Å². The number of benzene rings is 1. The highest BCUT2D eigenvalue weighted by Crippen LogP contribution is 2.35. The van der Waals surface area contributed by atoms with Crippen LogP contribution in [0, 0.1) is 5.82 Å². The van der Waals surface area contributed by atoms with Crippen molar-refractivity contribution in [2.45, 2.75) is 25.9 Å². The summed E-state index contributed by atoms with van der Waals surface area (Å²) >= 11 is 0. The minimum absolute atomic E-state index is 0.0555. The number of alkyl halides is 3. The van der Waals surface area contributed by atoms with Gasteiger partial charge in [0.25, 0.3) is 0 Å². The van der Waals surface area contributed by atoms with Gasteiger partial charge in [0.05, 0.1) is 11.3 Å². The lowest BCUT2D eigenvalue weighted by Gasteiger charge is -2.36. The molecule has 1 saturated heterocycles. The van der Waals surface area contributed by atoms with Gasteiger partial charge in [0.2, 0.25) is 0 Å². The summed E-state index contributed by atoms with van der Waals surface area (Å²) in [6, 6.07) is 3.48. The predicted octanol–water partition coefficient (Wildman–Crippen LogP) is 3.77. The molecule has 1 aliphatic heterocycles. The van der Waals surface area contributed by atoms with Crippen LogP contribution in [0.1, 0.15) is 25.3 Å². The highest BCUT2D eigenvalue weighted by molar-refractivity contribution is 5.51. The van der Waals surface area contributed by atoms with E-state index in [1.165, 1.54) is 12.1 Å². The Balaban J connectivity index is 2.07. The average Bonchev–Trinajstić information content (AvgIpc) is 2.45. The molecule has 118 valence electrons. The lowest BCUT2D eigenvalue weighted by Crippen LogP contribution is -2.47. The minimum Gasteiger partial charge on any atom is -0.367 e. The summed E-state index contributed by atoms with van der Waals surface area (Å²) < 4.78 is 52.3. The molecule has 1 fully saturated rings. The Hall–Kier alpha value is -1.30. The lowest BCUT2D eigenvalue weighted by atomic mass is 10.1. The van der Waals surface area contributed by atoms with Crippen LogP contribution in [0.4, 0.5) is 23.2 Å². The molecule has 0 aromatic heterocycles. The quantitative estimate of drug-likeness (QED) is 0.781. The van der Waals surface area contributed by atoms with E-state index in [2.05, 4.69) is 11.8 Å². The Kier molecular flexibility index (Phi) is 5.08. The largest absolute Gasteiger partial charge is 0.419 e. The highest BCUT2D eigenvalue weighted by Gasteiger charge is 2.35. The van der Waals surface area contributed by atoms with Gasteiger partial charge in [-0.3, -0.25) is 4.90 Å². The summed E-state index contributed by atoms with van der Waals surface area (Å²) in [6.45, 7) is 5.75. The molecule has 0 unspecified atom stereocenters. The van der Waals surface area contributed by atoms with E-state index in [0.29, 0.717) is 13.1 Å². The Labute approximate surface area is 122 Å². The molecule has 2 nitrogen and oxygen atoms in total. The number of rotatable bonds is 4. The van der Waals surface area contributed by atoms with Gasteiger partial charge in [-0.2, -0.15) is 13.2 Å². The van der Waals surface area contributed by atoms with Crippen molar-refractivity contribution >= 4 is 5.69 Å². The van der Waals surface area contributed by atoms with Crippen LogP contribution in [-0.2, 0) is 6.18 Å². The molecule has 0 amide bonds. The second-order valence-electron chi connectivity index (χ2n) is 5.32. The van der Waals surface area contributed by atoms with Gasteiger partial charge in [0, 0.05) is 26.2 Å². The van der Waals surface area contributed by atoms with Crippen molar-refractivity contribution in [1.82, 2.24) is 4.90 Å². The summed E-state index contributed by atoms with van der Waals surface area (Å²) in [5, 5.41) is 0. The second kappa shape index (κ2) is 6.64. The number of hydrogen-bond acceptors (Lipinski definition) is 2. The van der Waals surface area contributed by atoms with Crippen molar-refractivity contribution in [3.8, 4) is 0 Å². The van der Waals surface area contributed by atoms with Crippen molar-refractivity contribution < 1.29 is 17.6 Å². The Morgan fingerprint density at radius 1 is 1.10 bits per heavy atom. The van der Waals surface area contributed by atoms with Gasteiger partial charge in [-0.15, -0.1) is 0 Å². The van der Waals surface area contributed by atoms with Crippen LogP contribution in [0.5, 0.6) is 0 Å². The normalized spacial score (nSPS) is 17.3. The van der Waals surface area contributed by atoms with Gasteiger partial charge in [-0.1, -0.05) is 19.4 Å². The number of unbranched alkanes of at least 4 members (excludes halogenated alkanes) is 1. The summed E-state index contributed by atoms with van der Waals surface area (Å²) in [5.74, 6) is -1.16. The Bertz CT molecular complexity index is 465. The van der Waals surface area contributed by atoms with Gasteiger partial charge in [-0.25, -0.2) is 4.39 Å². The summed E-state index contributed by atoms with van der Waals surface area (Å²) in [6.07, 6.45) is -2.43. The van der Waals surface area contributed by atoms with Gasteiger partial charge < -0.3 is 4.90 Å². The van der Waals surface area contributed by atoms with E-state index in [0.717, 1.165) is 38.5 Å². The number of anilines is 1. The molecule has 0 saturated carbocycles. The summed E-state index contributed by atoms with van der Waals surface area (Å²) in [4.78, 5) is 3.97. The standard InChI is InChI=1S/C15H20F4N2/c1-2-3-7-20-8-10-21(11-9-20)13-6-4-5-12(14(13)16)15(17,18)19/h4-6H,2-3,7-11H2,1H3. The van der Waals surface area contributed by atoms with E-state index in [9.17, 15) is 17.6 Å². The molecule has 0 N–H and O–H groups in total. The van der Waals surface area contributed by atoms with Crippen LogP contribution in [0.2, 0.25) is 0 Å². The zero-order chi connectivity index (χ0) is 15.5. The first-order chi connectivity index (χ1) is 9.93. The van der Waals surface area contributed by atoms with Crippen LogP contribution in [-0.4, -0.2) is 37.6 Å². The zero-order valence-corrected chi connectivity index (χ0v) is 12.1. The average molecular weight is 304 g/mol. The van der Waals surface area contributed by atoms with E-state index in [1.807, 2.05) is 0 Å². The third-order valence-electron chi connectivity index (χ3n) is 3.82. The van der Waals surface area contributed by atoms with Crippen molar-refractivity contribution in [3.63, 3.8) is 0 Å². The predicted molar refractivity (Wildman–Crippen MR) is 75.0 cm³/mol. The minimum atomic E-state index is -4.65. The molecule has 1 heterocycles. The molecular formula is C15H20F4N2. The summed E-state index contributed by atoms with van der Waals surface area (Å²) in [7, 11) is 0. The fourth-order valence-corrected chi connectivity index (χ4v) is 2.58. The lowest BCUT2D eigenvalue weighted by molar-refractivity contribution is -0.139. The van der Waals surface area contributed by atoms with Gasteiger partial charge in [0.15, 0.2) is 5.82 Å². The van der Waals surface area contributed by atoms with Gasteiger partial charge >= 0.3 is 6.18 Å². The number of piperazine rings is 1. The fraction of sp³-hybridized carbons (Fsp3) is 0.600. The molecule has 0 radical (unpaired) electrons. The molecule has 1 aromatic carbocycles. The van der Waals surface area contributed by atoms with Crippen LogP contribution >= 0.6 is 0 Å². The maximum absolute atomic E-state index is 14.1. The third kappa shape index (κ3) is 3.87. The van der Waals surface area contributed by atoms with E-state index in [4.69, 9.17) is 0 Å². The molecule has 1 aliphatic rings. The fourth-order valence-electron chi connectivity index (χ4n) is 2.58. The highest BCUT2D eigenvalue weighted by atomic mass is 19.4. The van der Waals surface area contributed by atoms with E-state index < -0.39 is 17.6 Å². The number of halogens is 4. The molecular weight excluding hydrogens is 284 g/mol. The maximum Gasteiger partial charge on any atom is 0.419 e. The van der Waals surface area contributed by atoms with Crippen LogP contribution in [0.3, 0.4) is 0 Å². The first kappa shape index (κ1) is 16.1. The monoisotopic (exact) mass is 304 g/mol. The number of nitrogens with zero attached hydrogens (tertiary/aromatic N) is 2. The SMILES string of the molecule is CCCCN1CCN(c2cccc(C(F)(F)F)c2F)CC1. The Morgan fingerprint density at radius 3 is 2.33 bits per heavy atom. The molecule has 0 bridgehead atoms. The van der Waals surface area contributed by atoms with Crippen molar-refractivity contribution in [1.29, 1.82) is 0 Å². The zero-order valence-electron chi connectivity index (χ0n) is 12.1. The molecule has 21 heavy (non-hydrogen) atoms. The first-order valence-corrected chi connectivity index (χ1v) is 7.26. The molecule has 0 aliphatic carbocycles. The molecule has 0 atom stereocenters. The van der Waals surface area contributed by atoms with E-state index >= 15 is 0 Å². The van der Waals surface area contributed by atoms with E-state index in [1.54, 1.807) is 4.90 Å². The third-order valence-corrected chi connectivity index (χ3v) is 3.82. The van der Waals surface area contributed by atoms with E-state index in [-0.39, 0.29) is 5.69 Å². The molecule has 1 aromatic rings. The molecule has 0 spiro atoms. The molecule has 6 heteroatoms. The van der Waals surface area contributed by atoms with Crippen molar-refractivity contribution in [2.75, 3.05) is 37.6 Å². The Morgan fingerprint density at radius 2 is 1.76 bits per heavy atom. The van der Waals surface area contributed by atoms with Crippen molar-refractivity contribution in [3.05, 3.63) is 29.6 Å². The van der Waals surface area contributed by atoms with Gasteiger partial charge in [-0.05, 0) is 25.1 Å². The van der Waals surface area contributed by atoms with Crippen LogP contribution in [0.15, 0.2) is 18.2 Å². The first-order valence-electron chi connectivity index (χ1n) is 7.26. The van der Waals surface area contributed by atoms with Gasteiger partial charge in [0.1, 0.15) is 0 Å².